The zero-order valence-corrected chi connectivity index (χ0v) is 11.4. The number of rotatable bonds is 5. The van der Waals surface area contributed by atoms with E-state index in [1.807, 2.05) is 37.5 Å². The Morgan fingerprint density at radius 3 is 2.79 bits per heavy atom. The third-order valence-electron chi connectivity index (χ3n) is 2.89. The molecule has 0 bridgehead atoms. The molecular weight excluding hydrogens is 238 g/mol. The first-order chi connectivity index (χ1) is 9.19. The zero-order chi connectivity index (χ0) is 13.7. The van der Waals surface area contributed by atoms with Gasteiger partial charge in [-0.15, -0.1) is 0 Å². The fourth-order valence-electron chi connectivity index (χ4n) is 1.81. The number of anilines is 1. The minimum Gasteiger partial charge on any atom is -0.370 e. The van der Waals surface area contributed by atoms with E-state index in [9.17, 15) is 4.79 Å². The van der Waals surface area contributed by atoms with Gasteiger partial charge in [-0.3, -0.25) is 4.79 Å². The molecular formula is C15H19N3O. The number of aromatic nitrogens is 2. The van der Waals surface area contributed by atoms with Crippen molar-refractivity contribution < 1.29 is 0 Å². The molecule has 0 aromatic carbocycles. The quantitative estimate of drug-likeness (QED) is 0.894. The number of nitrogens with zero attached hydrogens (tertiary/aromatic N) is 2. The number of nitrogens with one attached hydrogen (secondary N) is 1. The molecule has 0 fully saturated rings. The van der Waals surface area contributed by atoms with Crippen LogP contribution in [0.3, 0.4) is 0 Å². The normalized spacial score (nSPS) is 10.4. The number of aryl methyl sites for hydroxylation is 1. The number of hydrogen-bond acceptors (Lipinski definition) is 3. The molecule has 0 radical (unpaired) electrons. The van der Waals surface area contributed by atoms with Crippen molar-refractivity contribution in [3.8, 4) is 0 Å². The Hall–Kier alpha value is -2.10. The Bertz CT molecular complexity index is 587. The number of hydrogen-bond donors (Lipinski definition) is 1. The van der Waals surface area contributed by atoms with Crippen molar-refractivity contribution in [2.45, 2.75) is 26.8 Å². The molecule has 4 nitrogen and oxygen atoms in total. The largest absolute Gasteiger partial charge is 0.370 e. The summed E-state index contributed by atoms with van der Waals surface area (Å²) in [6.07, 6.45) is 4.70. The molecule has 2 heterocycles. The van der Waals surface area contributed by atoms with E-state index >= 15 is 0 Å². The maximum atomic E-state index is 11.8. The van der Waals surface area contributed by atoms with Gasteiger partial charge in [0.1, 0.15) is 5.82 Å². The zero-order valence-electron chi connectivity index (χ0n) is 11.4. The van der Waals surface area contributed by atoms with E-state index in [1.54, 1.807) is 10.6 Å². The molecule has 0 aliphatic carbocycles. The third-order valence-corrected chi connectivity index (χ3v) is 2.89. The van der Waals surface area contributed by atoms with E-state index in [0.717, 1.165) is 29.9 Å². The summed E-state index contributed by atoms with van der Waals surface area (Å²) in [5.41, 5.74) is 2.03. The summed E-state index contributed by atoms with van der Waals surface area (Å²) in [7, 11) is 0. The predicted octanol–water partition coefficient (Wildman–Crippen LogP) is 2.42. The molecule has 0 amide bonds. The van der Waals surface area contributed by atoms with Gasteiger partial charge in [0.05, 0.1) is 6.54 Å². The second kappa shape index (κ2) is 6.18. The summed E-state index contributed by atoms with van der Waals surface area (Å²) in [6.45, 7) is 5.51. The molecule has 1 N–H and O–H groups in total. The molecule has 2 aromatic heterocycles. The summed E-state index contributed by atoms with van der Waals surface area (Å²) in [5.74, 6) is 0.877. The van der Waals surface area contributed by atoms with Gasteiger partial charge in [-0.25, -0.2) is 4.98 Å². The third kappa shape index (κ3) is 3.68. The molecule has 0 spiro atoms. The molecule has 2 rings (SSSR count). The van der Waals surface area contributed by atoms with Crippen molar-refractivity contribution in [2.75, 3.05) is 11.9 Å². The van der Waals surface area contributed by atoms with Gasteiger partial charge in [0.2, 0.25) is 0 Å². The minimum absolute atomic E-state index is 0.0215. The topological polar surface area (TPSA) is 46.9 Å². The Labute approximate surface area is 113 Å². The molecule has 0 aliphatic heterocycles. The van der Waals surface area contributed by atoms with Gasteiger partial charge < -0.3 is 9.88 Å². The summed E-state index contributed by atoms with van der Waals surface area (Å²) >= 11 is 0. The average molecular weight is 257 g/mol. The molecule has 0 saturated heterocycles. The van der Waals surface area contributed by atoms with E-state index in [-0.39, 0.29) is 5.56 Å². The van der Waals surface area contributed by atoms with E-state index < -0.39 is 0 Å². The van der Waals surface area contributed by atoms with Crippen molar-refractivity contribution in [3.05, 3.63) is 58.1 Å². The first-order valence-corrected chi connectivity index (χ1v) is 6.55. The van der Waals surface area contributed by atoms with Gasteiger partial charge in [-0.2, -0.15) is 0 Å². The predicted molar refractivity (Wildman–Crippen MR) is 77.6 cm³/mol. The highest BCUT2D eigenvalue weighted by atomic mass is 16.1. The van der Waals surface area contributed by atoms with Crippen LogP contribution in [0.5, 0.6) is 0 Å². The molecule has 4 heteroatoms. The maximum absolute atomic E-state index is 11.8. The van der Waals surface area contributed by atoms with Crippen LogP contribution >= 0.6 is 0 Å². The van der Waals surface area contributed by atoms with Crippen molar-refractivity contribution in [2.24, 2.45) is 0 Å². The van der Waals surface area contributed by atoms with Crippen LogP contribution in [0.15, 0.2) is 41.5 Å². The second-order valence-electron chi connectivity index (χ2n) is 4.65. The average Bonchev–Trinajstić information content (AvgIpc) is 2.41. The van der Waals surface area contributed by atoms with Gasteiger partial charge in [-0.05, 0) is 36.6 Å². The van der Waals surface area contributed by atoms with Gasteiger partial charge in [0, 0.05) is 25.0 Å². The fraction of sp³-hybridized carbons (Fsp3) is 0.333. The van der Waals surface area contributed by atoms with Crippen LogP contribution in [0.4, 0.5) is 5.82 Å². The van der Waals surface area contributed by atoms with Crippen molar-refractivity contribution in [3.63, 3.8) is 0 Å². The summed E-state index contributed by atoms with van der Waals surface area (Å²) in [4.78, 5) is 16.1. The standard InChI is InChI=1S/C15H19N3O/c1-3-7-16-14-5-4-13(10-17-14)11-18-8-6-12(2)9-15(18)19/h4-6,8-10H,3,7,11H2,1-2H3,(H,16,17). The monoisotopic (exact) mass is 257 g/mol. The molecule has 100 valence electrons. The lowest BCUT2D eigenvalue weighted by molar-refractivity contribution is 0.754. The van der Waals surface area contributed by atoms with Crippen LogP contribution in [0.2, 0.25) is 0 Å². The minimum atomic E-state index is 0.0215. The highest BCUT2D eigenvalue weighted by molar-refractivity contribution is 5.35. The van der Waals surface area contributed by atoms with Gasteiger partial charge >= 0.3 is 0 Å². The van der Waals surface area contributed by atoms with E-state index in [2.05, 4.69) is 17.2 Å². The van der Waals surface area contributed by atoms with Crippen molar-refractivity contribution >= 4 is 5.82 Å². The Morgan fingerprint density at radius 2 is 2.16 bits per heavy atom. The summed E-state index contributed by atoms with van der Waals surface area (Å²) < 4.78 is 1.68. The first kappa shape index (κ1) is 13.3. The first-order valence-electron chi connectivity index (χ1n) is 6.55. The molecule has 0 atom stereocenters. The van der Waals surface area contributed by atoms with Crippen LogP contribution in [0.1, 0.15) is 24.5 Å². The Kier molecular flexibility index (Phi) is 4.34. The lowest BCUT2D eigenvalue weighted by atomic mass is 10.2. The smallest absolute Gasteiger partial charge is 0.251 e. The van der Waals surface area contributed by atoms with Crippen LogP contribution in [-0.2, 0) is 6.54 Å². The maximum Gasteiger partial charge on any atom is 0.251 e. The molecule has 19 heavy (non-hydrogen) atoms. The van der Waals surface area contributed by atoms with Gasteiger partial charge in [-0.1, -0.05) is 13.0 Å². The van der Waals surface area contributed by atoms with Gasteiger partial charge in [0.15, 0.2) is 0 Å². The molecule has 2 aromatic rings. The van der Waals surface area contributed by atoms with E-state index in [1.165, 1.54) is 0 Å². The SMILES string of the molecule is CCCNc1ccc(Cn2ccc(C)cc2=O)cn1. The second-order valence-corrected chi connectivity index (χ2v) is 4.65. The van der Waals surface area contributed by atoms with Crippen LogP contribution in [0.25, 0.3) is 0 Å². The fourth-order valence-corrected chi connectivity index (χ4v) is 1.81. The van der Waals surface area contributed by atoms with Crippen LogP contribution in [0, 0.1) is 6.92 Å². The van der Waals surface area contributed by atoms with Crippen molar-refractivity contribution in [1.82, 2.24) is 9.55 Å². The summed E-state index contributed by atoms with van der Waals surface area (Å²) in [6, 6.07) is 7.53. The van der Waals surface area contributed by atoms with Crippen LogP contribution < -0.4 is 10.9 Å². The van der Waals surface area contributed by atoms with Crippen LogP contribution in [-0.4, -0.2) is 16.1 Å². The number of pyridine rings is 2. The lowest BCUT2D eigenvalue weighted by Crippen LogP contribution is -2.19. The molecule has 0 saturated carbocycles. The van der Waals surface area contributed by atoms with Crippen molar-refractivity contribution in [1.29, 1.82) is 0 Å². The lowest BCUT2D eigenvalue weighted by Gasteiger charge is -2.07. The van der Waals surface area contributed by atoms with Gasteiger partial charge in [0.25, 0.3) is 5.56 Å². The van der Waals surface area contributed by atoms with E-state index in [0.29, 0.717) is 6.54 Å². The Balaban J connectivity index is 2.08. The highest BCUT2D eigenvalue weighted by Crippen LogP contribution is 2.06. The Morgan fingerprint density at radius 1 is 1.32 bits per heavy atom. The highest BCUT2D eigenvalue weighted by Gasteiger charge is 1.99. The molecule has 0 aliphatic rings. The molecule has 0 unspecified atom stereocenters. The van der Waals surface area contributed by atoms with E-state index in [4.69, 9.17) is 0 Å². The summed E-state index contributed by atoms with van der Waals surface area (Å²) in [5, 5.41) is 3.22.